The molecule has 3 N–H and O–H groups in total. The number of hydrogen-bond donors (Lipinski definition) is 3. The molecule has 0 radical (unpaired) electrons. The number of carboxylic acids is 1. The first kappa shape index (κ1) is 29.5. The molecule has 0 spiro atoms. The van der Waals surface area contributed by atoms with Crippen LogP contribution in [0.1, 0.15) is 67.6 Å². The van der Waals surface area contributed by atoms with Gasteiger partial charge in [-0.1, -0.05) is 32.4 Å². The number of ether oxygens (including phenoxy) is 1. The van der Waals surface area contributed by atoms with Gasteiger partial charge in [-0.15, -0.1) is 11.8 Å². The molecule has 2 aromatic rings. The molecule has 0 aliphatic carbocycles. The van der Waals surface area contributed by atoms with Gasteiger partial charge in [-0.25, -0.2) is 0 Å². The van der Waals surface area contributed by atoms with E-state index >= 15 is 0 Å². The van der Waals surface area contributed by atoms with Crippen LogP contribution in [0.2, 0.25) is 0 Å². The van der Waals surface area contributed by atoms with Crippen molar-refractivity contribution in [2.24, 2.45) is 5.92 Å². The number of carbonyl (C=O) groups excluding carboxylic acids is 1. The molecule has 2 aromatic carbocycles. The second-order valence-corrected chi connectivity index (χ2v) is 9.05. The number of rotatable bonds is 13. The number of carbonyl (C=O) groups is 2. The van der Waals surface area contributed by atoms with Crippen LogP contribution >= 0.6 is 11.8 Å². The Kier molecular flexibility index (Phi) is 13.1. The summed E-state index contributed by atoms with van der Waals surface area (Å²) >= 11 is 1.67. The van der Waals surface area contributed by atoms with Gasteiger partial charge < -0.3 is 20.1 Å². The zero-order valence-corrected chi connectivity index (χ0v) is 19.7. The van der Waals surface area contributed by atoms with Gasteiger partial charge >= 0.3 is 35.5 Å². The third-order valence-electron chi connectivity index (χ3n) is 5.19. The molecule has 0 fully saturated rings. The first-order valence-corrected chi connectivity index (χ1v) is 11.8. The summed E-state index contributed by atoms with van der Waals surface area (Å²) < 4.78 is 5.89. The number of benzene rings is 2. The Hall–Kier alpha value is -1.51. The third-order valence-corrected chi connectivity index (χ3v) is 6.29. The molecule has 0 saturated heterocycles. The number of carboxylic acid groups (broad SMARTS) is 1. The average Bonchev–Trinajstić information content (AvgIpc) is 2.75. The van der Waals surface area contributed by atoms with E-state index < -0.39 is 12.1 Å². The van der Waals surface area contributed by atoms with Crippen molar-refractivity contribution in [3.05, 3.63) is 53.1 Å². The van der Waals surface area contributed by atoms with E-state index in [1.165, 1.54) is 6.92 Å². The number of thioether (sulfide) groups is 1. The van der Waals surface area contributed by atoms with Crippen molar-refractivity contribution in [1.82, 2.24) is 0 Å². The number of phenolic OH excluding ortho intramolecular Hbond substituents is 1. The fourth-order valence-electron chi connectivity index (χ4n) is 3.44. The number of phenols is 1. The molecular weight excluding hydrogens is 451 g/mol. The number of ketones is 1. The van der Waals surface area contributed by atoms with Crippen molar-refractivity contribution >= 4 is 53.1 Å². The molecule has 33 heavy (non-hydrogen) atoms. The van der Waals surface area contributed by atoms with Crippen LogP contribution in [-0.2, 0) is 11.2 Å². The van der Waals surface area contributed by atoms with Crippen molar-refractivity contribution < 1.29 is 29.6 Å². The molecule has 0 aliphatic heterocycles. The summed E-state index contributed by atoms with van der Waals surface area (Å²) in [6.07, 6.45) is 1.39. The maximum atomic E-state index is 11.7. The number of aliphatic hydroxyl groups is 1. The van der Waals surface area contributed by atoms with Crippen LogP contribution in [-0.4, -0.2) is 69.0 Å². The molecule has 0 aromatic heterocycles. The zero-order valence-electron chi connectivity index (χ0n) is 18.8. The second-order valence-electron chi connectivity index (χ2n) is 7.88. The van der Waals surface area contributed by atoms with Crippen molar-refractivity contribution in [1.29, 1.82) is 0 Å². The molecule has 0 aliphatic rings. The van der Waals surface area contributed by atoms with E-state index in [1.54, 1.807) is 30.8 Å². The Labute approximate surface area is 222 Å². The zero-order chi connectivity index (χ0) is 23.7. The van der Waals surface area contributed by atoms with Crippen LogP contribution in [0.5, 0.6) is 11.5 Å². The summed E-state index contributed by atoms with van der Waals surface area (Å²) in [5.74, 6) is 0.0253. The van der Waals surface area contributed by atoms with Crippen molar-refractivity contribution in [3.63, 3.8) is 0 Å². The molecule has 176 valence electrons. The van der Waals surface area contributed by atoms with Gasteiger partial charge in [0.1, 0.15) is 11.5 Å². The number of aromatic hydroxyl groups is 1. The number of aliphatic carboxylic acids is 1. The van der Waals surface area contributed by atoms with Gasteiger partial charge in [0.15, 0.2) is 5.78 Å². The molecule has 0 bridgehead atoms. The average molecular weight is 485 g/mol. The van der Waals surface area contributed by atoms with Crippen LogP contribution in [0.15, 0.2) is 41.3 Å². The minimum absolute atomic E-state index is 0. The van der Waals surface area contributed by atoms with Gasteiger partial charge in [0, 0.05) is 16.2 Å². The van der Waals surface area contributed by atoms with Gasteiger partial charge in [0.2, 0.25) is 0 Å². The molecule has 0 heterocycles. The van der Waals surface area contributed by atoms with Crippen molar-refractivity contribution in [3.8, 4) is 11.5 Å². The molecule has 6 nitrogen and oxygen atoms in total. The standard InChI is InChI=1S/C25H32O6S.Na.H/c1-4-6-21-22(12-11-20(17(3)26)25(21)30)31-13-5-14-32-19-9-7-18(8-10-19)24(29)16(2)15-23(27)28;;/h7-12,16,24,29-30H,4-6,13-15H2,1-3H3,(H,27,28);;. The van der Waals surface area contributed by atoms with Crippen LogP contribution in [0.25, 0.3) is 0 Å². The summed E-state index contributed by atoms with van der Waals surface area (Å²) in [5, 5.41) is 29.6. The van der Waals surface area contributed by atoms with E-state index in [9.17, 15) is 19.8 Å². The Balaban J connectivity index is 0.00000544. The molecule has 0 saturated carbocycles. The van der Waals surface area contributed by atoms with E-state index in [-0.39, 0.29) is 53.4 Å². The van der Waals surface area contributed by atoms with E-state index in [0.717, 1.165) is 23.5 Å². The van der Waals surface area contributed by atoms with Crippen molar-refractivity contribution in [2.75, 3.05) is 12.4 Å². The van der Waals surface area contributed by atoms with E-state index in [1.807, 2.05) is 31.2 Å². The first-order valence-electron chi connectivity index (χ1n) is 10.9. The monoisotopic (exact) mass is 484 g/mol. The number of Topliss-reactive ketones (excluding diaryl/α,β-unsaturated/α-hetero) is 1. The van der Waals surface area contributed by atoms with Gasteiger partial charge in [-0.05, 0) is 55.5 Å². The molecule has 2 rings (SSSR count). The predicted octanol–water partition coefficient (Wildman–Crippen LogP) is 4.60. The van der Waals surface area contributed by atoms with Gasteiger partial charge in [0.25, 0.3) is 0 Å². The first-order chi connectivity index (χ1) is 15.2. The SMILES string of the molecule is CCCc1c(OCCCSc2ccc(C(O)C(C)CC(=O)O)cc2)ccc(C(C)=O)c1O.[NaH]. The molecule has 2 atom stereocenters. The molecular formula is C25H33NaO6S. The minimum atomic E-state index is -0.919. The Bertz CT molecular complexity index is 916. The quantitative estimate of drug-likeness (QED) is 0.165. The van der Waals surface area contributed by atoms with Crippen LogP contribution in [0.4, 0.5) is 0 Å². The maximum absolute atomic E-state index is 11.7. The summed E-state index contributed by atoms with van der Waals surface area (Å²) in [5.41, 5.74) is 1.71. The second kappa shape index (κ2) is 14.7. The van der Waals surface area contributed by atoms with Crippen LogP contribution in [0.3, 0.4) is 0 Å². The molecule has 2 unspecified atom stereocenters. The van der Waals surface area contributed by atoms with E-state index in [0.29, 0.717) is 35.5 Å². The Morgan fingerprint density at radius 2 is 1.79 bits per heavy atom. The molecule has 8 heteroatoms. The van der Waals surface area contributed by atoms with Gasteiger partial charge in [-0.2, -0.15) is 0 Å². The van der Waals surface area contributed by atoms with E-state index in [4.69, 9.17) is 9.84 Å². The normalized spacial score (nSPS) is 12.5. The number of aliphatic hydroxyl groups excluding tert-OH is 1. The predicted molar refractivity (Wildman–Crippen MR) is 133 cm³/mol. The fourth-order valence-corrected chi connectivity index (χ4v) is 4.26. The van der Waals surface area contributed by atoms with Crippen molar-refractivity contribution in [2.45, 2.75) is 57.5 Å². The summed E-state index contributed by atoms with van der Waals surface area (Å²) in [4.78, 5) is 23.5. The third kappa shape index (κ3) is 8.98. The van der Waals surface area contributed by atoms with Crippen LogP contribution in [0, 0.1) is 5.92 Å². The molecule has 0 amide bonds. The fraction of sp³-hybridized carbons (Fsp3) is 0.440. The Morgan fingerprint density at radius 3 is 2.36 bits per heavy atom. The summed E-state index contributed by atoms with van der Waals surface area (Å²) in [6.45, 7) is 5.66. The van der Waals surface area contributed by atoms with Gasteiger partial charge in [-0.3, -0.25) is 9.59 Å². The van der Waals surface area contributed by atoms with Gasteiger partial charge in [0.05, 0.1) is 24.7 Å². The summed E-state index contributed by atoms with van der Waals surface area (Å²) in [6, 6.07) is 10.9. The summed E-state index contributed by atoms with van der Waals surface area (Å²) in [7, 11) is 0. The van der Waals surface area contributed by atoms with E-state index in [2.05, 4.69) is 0 Å². The van der Waals surface area contributed by atoms with Crippen LogP contribution < -0.4 is 4.74 Å². The Morgan fingerprint density at radius 1 is 1.12 bits per heavy atom. The topological polar surface area (TPSA) is 104 Å². The number of hydrogen-bond acceptors (Lipinski definition) is 6.